The first kappa shape index (κ1) is 15.0. The Morgan fingerprint density at radius 1 is 1.35 bits per heavy atom. The Bertz CT molecular complexity index is 448. The van der Waals surface area contributed by atoms with Crippen LogP contribution in [0.4, 0.5) is 0 Å². The van der Waals surface area contributed by atoms with Crippen molar-refractivity contribution in [3.05, 3.63) is 35.9 Å². The molecule has 0 spiro atoms. The van der Waals surface area contributed by atoms with E-state index in [9.17, 15) is 9.90 Å². The van der Waals surface area contributed by atoms with Crippen LogP contribution in [0.15, 0.2) is 30.3 Å². The van der Waals surface area contributed by atoms with Gasteiger partial charge in [0.05, 0.1) is 17.7 Å². The average Bonchev–Trinajstić information content (AvgIpc) is 2.42. The van der Waals surface area contributed by atoms with Crippen LogP contribution in [0.3, 0.4) is 0 Å². The molecule has 1 unspecified atom stereocenters. The number of carbonyl (C=O) groups is 1. The summed E-state index contributed by atoms with van der Waals surface area (Å²) in [6.45, 7) is 1.90. The first-order valence-electron chi connectivity index (χ1n) is 6.75. The zero-order valence-electron chi connectivity index (χ0n) is 12.0. The van der Waals surface area contributed by atoms with Gasteiger partial charge in [0.2, 0.25) is 0 Å². The van der Waals surface area contributed by atoms with Gasteiger partial charge >= 0.3 is 5.97 Å². The minimum Gasteiger partial charge on any atom is -0.452 e. The number of hydrogen-bond acceptors (Lipinski definition) is 5. The van der Waals surface area contributed by atoms with Gasteiger partial charge < -0.3 is 19.5 Å². The largest absolute Gasteiger partial charge is 0.452 e. The Kier molecular flexibility index (Phi) is 4.75. The van der Waals surface area contributed by atoms with Crippen molar-refractivity contribution in [3.8, 4) is 0 Å². The molecule has 0 amide bonds. The Morgan fingerprint density at radius 2 is 2.00 bits per heavy atom. The fraction of sp³-hybridized carbons (Fsp3) is 0.533. The molecule has 0 aliphatic carbocycles. The summed E-state index contributed by atoms with van der Waals surface area (Å²) in [5, 5.41) is 10.0. The number of ether oxygens (including phenoxy) is 2. The molecule has 1 saturated heterocycles. The van der Waals surface area contributed by atoms with E-state index in [1.807, 2.05) is 32.0 Å². The van der Waals surface area contributed by atoms with Gasteiger partial charge in [0.25, 0.3) is 0 Å². The first-order valence-corrected chi connectivity index (χ1v) is 6.75. The van der Waals surface area contributed by atoms with Crippen LogP contribution in [-0.4, -0.2) is 54.6 Å². The molecule has 1 aromatic carbocycles. The molecule has 1 N–H and O–H groups in total. The van der Waals surface area contributed by atoms with Crippen molar-refractivity contribution in [1.82, 2.24) is 4.90 Å². The molecule has 1 heterocycles. The second-order valence-electron chi connectivity index (χ2n) is 5.34. The van der Waals surface area contributed by atoms with Gasteiger partial charge in [-0.05, 0) is 39.6 Å². The lowest BCUT2D eigenvalue weighted by Crippen LogP contribution is -2.55. The van der Waals surface area contributed by atoms with E-state index in [0.29, 0.717) is 12.0 Å². The quantitative estimate of drug-likeness (QED) is 0.844. The zero-order chi connectivity index (χ0) is 14.7. The van der Waals surface area contributed by atoms with Crippen LogP contribution in [-0.2, 0) is 9.47 Å². The van der Waals surface area contributed by atoms with Gasteiger partial charge in [0.1, 0.15) is 0 Å². The molecule has 5 nitrogen and oxygen atoms in total. The van der Waals surface area contributed by atoms with Gasteiger partial charge in [-0.2, -0.15) is 0 Å². The van der Waals surface area contributed by atoms with E-state index in [4.69, 9.17) is 9.47 Å². The summed E-state index contributed by atoms with van der Waals surface area (Å²) in [7, 11) is 3.80. The number of esters is 1. The van der Waals surface area contributed by atoms with Gasteiger partial charge in [-0.15, -0.1) is 0 Å². The number of nitrogens with zero attached hydrogens (tertiary/aromatic N) is 1. The van der Waals surface area contributed by atoms with Crippen LogP contribution in [0, 0.1) is 0 Å². The molecule has 0 radical (unpaired) electrons. The van der Waals surface area contributed by atoms with E-state index in [2.05, 4.69) is 0 Å². The van der Waals surface area contributed by atoms with Crippen LogP contribution in [0.5, 0.6) is 0 Å². The fourth-order valence-corrected chi connectivity index (χ4v) is 2.44. The Hall–Kier alpha value is -1.43. The Morgan fingerprint density at radius 3 is 2.60 bits per heavy atom. The lowest BCUT2D eigenvalue weighted by molar-refractivity contribution is -0.230. The van der Waals surface area contributed by atoms with Crippen LogP contribution >= 0.6 is 0 Å². The number of aliphatic hydroxyl groups is 1. The molecule has 1 aliphatic heterocycles. The van der Waals surface area contributed by atoms with Crippen LogP contribution in [0.2, 0.25) is 0 Å². The highest BCUT2D eigenvalue weighted by Crippen LogP contribution is 2.25. The molecule has 0 aromatic heterocycles. The third-order valence-corrected chi connectivity index (χ3v) is 3.52. The van der Waals surface area contributed by atoms with Gasteiger partial charge in [-0.25, -0.2) is 4.79 Å². The molecule has 2 rings (SSSR count). The van der Waals surface area contributed by atoms with Crippen molar-refractivity contribution in [2.75, 3.05) is 14.1 Å². The molecular formula is C15H21NO4. The maximum Gasteiger partial charge on any atom is 0.338 e. The SMILES string of the molecule is C[C@@H]1C[C@H](N(C)C)[C@@H](OC(=O)c2ccccc2)C(O)O1. The molecule has 110 valence electrons. The second kappa shape index (κ2) is 6.35. The monoisotopic (exact) mass is 279 g/mol. The fourth-order valence-electron chi connectivity index (χ4n) is 2.44. The molecular weight excluding hydrogens is 258 g/mol. The standard InChI is InChI=1S/C15H21NO4/c1-10-9-12(16(2)3)13(15(18)19-10)20-14(17)11-7-5-4-6-8-11/h4-8,10,12-13,15,18H,9H2,1-3H3/t10-,12+,13-,15?/m1/s1. The van der Waals surface area contributed by atoms with Gasteiger partial charge in [-0.3, -0.25) is 0 Å². The lowest BCUT2D eigenvalue weighted by atomic mass is 9.99. The summed E-state index contributed by atoms with van der Waals surface area (Å²) >= 11 is 0. The summed E-state index contributed by atoms with van der Waals surface area (Å²) in [6, 6.07) is 8.68. The Balaban J connectivity index is 2.11. The van der Waals surface area contributed by atoms with E-state index in [0.717, 1.165) is 0 Å². The van der Waals surface area contributed by atoms with Crippen LogP contribution in [0.1, 0.15) is 23.7 Å². The third-order valence-electron chi connectivity index (χ3n) is 3.52. The molecule has 1 fully saturated rings. The zero-order valence-corrected chi connectivity index (χ0v) is 12.0. The van der Waals surface area contributed by atoms with Crippen LogP contribution < -0.4 is 0 Å². The maximum atomic E-state index is 12.1. The topological polar surface area (TPSA) is 59.0 Å². The van der Waals surface area contributed by atoms with Crippen molar-refractivity contribution in [3.63, 3.8) is 0 Å². The van der Waals surface area contributed by atoms with E-state index in [1.165, 1.54) is 0 Å². The molecule has 0 saturated carbocycles. The second-order valence-corrected chi connectivity index (χ2v) is 5.34. The highest BCUT2D eigenvalue weighted by molar-refractivity contribution is 5.89. The Labute approximate surface area is 119 Å². The van der Waals surface area contributed by atoms with Crippen molar-refractivity contribution < 1.29 is 19.4 Å². The minimum absolute atomic E-state index is 0.0657. The first-order chi connectivity index (χ1) is 9.49. The number of hydrogen-bond donors (Lipinski definition) is 1. The van der Waals surface area contributed by atoms with Gasteiger partial charge in [0.15, 0.2) is 12.4 Å². The van der Waals surface area contributed by atoms with Gasteiger partial charge in [-0.1, -0.05) is 18.2 Å². The summed E-state index contributed by atoms with van der Waals surface area (Å²) in [5.74, 6) is -0.445. The highest BCUT2D eigenvalue weighted by atomic mass is 16.6. The predicted molar refractivity (Wildman–Crippen MR) is 74.3 cm³/mol. The molecule has 20 heavy (non-hydrogen) atoms. The third kappa shape index (κ3) is 3.36. The summed E-state index contributed by atoms with van der Waals surface area (Å²) in [5.41, 5.74) is 0.468. The maximum absolute atomic E-state index is 12.1. The van der Waals surface area contributed by atoms with E-state index < -0.39 is 18.4 Å². The van der Waals surface area contributed by atoms with Crippen molar-refractivity contribution in [1.29, 1.82) is 0 Å². The molecule has 5 heteroatoms. The predicted octanol–water partition coefficient (Wildman–Crippen LogP) is 1.27. The van der Waals surface area contributed by atoms with Gasteiger partial charge in [0, 0.05) is 0 Å². The smallest absolute Gasteiger partial charge is 0.338 e. The van der Waals surface area contributed by atoms with Crippen molar-refractivity contribution in [2.24, 2.45) is 0 Å². The van der Waals surface area contributed by atoms with Crippen molar-refractivity contribution in [2.45, 2.75) is 37.9 Å². The number of carbonyl (C=O) groups excluding carboxylic acids is 1. The summed E-state index contributed by atoms with van der Waals surface area (Å²) < 4.78 is 10.8. The molecule has 4 atom stereocenters. The average molecular weight is 279 g/mol. The molecule has 0 bridgehead atoms. The summed E-state index contributed by atoms with van der Waals surface area (Å²) in [4.78, 5) is 14.1. The number of likely N-dealkylation sites (N-methyl/N-ethyl adjacent to an activating group) is 1. The normalized spacial score (nSPS) is 30.2. The lowest BCUT2D eigenvalue weighted by Gasteiger charge is -2.40. The molecule has 1 aromatic rings. The number of benzene rings is 1. The van der Waals surface area contributed by atoms with Crippen molar-refractivity contribution >= 4 is 5.97 Å². The minimum atomic E-state index is -1.10. The number of rotatable bonds is 3. The van der Waals surface area contributed by atoms with E-state index >= 15 is 0 Å². The number of aliphatic hydroxyl groups excluding tert-OH is 1. The van der Waals surface area contributed by atoms with E-state index in [-0.39, 0.29) is 12.1 Å². The van der Waals surface area contributed by atoms with E-state index in [1.54, 1.807) is 24.3 Å². The molecule has 1 aliphatic rings. The summed E-state index contributed by atoms with van der Waals surface area (Å²) in [6.07, 6.45) is -1.15. The van der Waals surface area contributed by atoms with Crippen LogP contribution in [0.25, 0.3) is 0 Å². The highest BCUT2D eigenvalue weighted by Gasteiger charge is 2.40.